The average Bonchev–Trinajstić information content (AvgIpc) is 3.13. The first kappa shape index (κ1) is 16.3. The van der Waals surface area contributed by atoms with Crippen LogP contribution >= 0.6 is 0 Å². The van der Waals surface area contributed by atoms with Crippen molar-refractivity contribution in [2.24, 2.45) is 5.73 Å². The van der Waals surface area contributed by atoms with Crippen LogP contribution in [-0.4, -0.2) is 35.6 Å². The first-order chi connectivity index (χ1) is 12.2. The summed E-state index contributed by atoms with van der Waals surface area (Å²) in [7, 11) is 0. The van der Waals surface area contributed by atoms with E-state index in [0.717, 1.165) is 38.4 Å². The molecule has 1 unspecified atom stereocenters. The summed E-state index contributed by atoms with van der Waals surface area (Å²) in [5, 5.41) is 8.07. The molecule has 5 heteroatoms. The molecule has 2 atom stereocenters. The Balaban J connectivity index is 1.45. The molecule has 1 fully saturated rings. The number of rotatable bonds is 4. The van der Waals surface area contributed by atoms with Crippen LogP contribution in [0.4, 0.5) is 0 Å². The number of aromatic nitrogens is 2. The number of nitrogens with two attached hydrogens (primary N) is 1. The minimum absolute atomic E-state index is 0.130. The van der Waals surface area contributed by atoms with Gasteiger partial charge in [0.15, 0.2) is 0 Å². The minimum Gasteiger partial charge on any atom is -0.371 e. The molecule has 1 aromatic carbocycles. The van der Waals surface area contributed by atoms with Crippen LogP contribution in [0.3, 0.4) is 0 Å². The third-order valence-corrected chi connectivity index (χ3v) is 4.85. The van der Waals surface area contributed by atoms with Crippen LogP contribution in [0, 0.1) is 0 Å². The number of nitrogens with one attached hydrogen (secondary N) is 1. The molecule has 2 aliphatic rings. The average molecular weight is 336 g/mol. The number of hydrogen-bond donors (Lipinski definition) is 2. The number of nitrogens with zero attached hydrogens (tertiary/aromatic N) is 2. The summed E-state index contributed by atoms with van der Waals surface area (Å²) >= 11 is 0. The lowest BCUT2D eigenvalue weighted by molar-refractivity contribution is 0.0534. The van der Waals surface area contributed by atoms with Crippen LogP contribution in [0.15, 0.2) is 66.4 Å². The zero-order valence-electron chi connectivity index (χ0n) is 14.3. The summed E-state index contributed by atoms with van der Waals surface area (Å²) in [6, 6.07) is 12.3. The van der Waals surface area contributed by atoms with Crippen molar-refractivity contribution >= 4 is 0 Å². The highest BCUT2D eigenvalue weighted by Crippen LogP contribution is 2.29. The van der Waals surface area contributed by atoms with E-state index >= 15 is 0 Å². The summed E-state index contributed by atoms with van der Waals surface area (Å²) in [5.74, 6) is 0. The minimum atomic E-state index is -0.548. The maximum atomic E-state index is 6.62. The number of morpholine rings is 1. The normalized spacial score (nSPS) is 26.4. The first-order valence-electron chi connectivity index (χ1n) is 8.81. The standard InChI is InChI=1S/C20H24N4O/c21-20(9-6-17(7-10-20)18-14-22-11-13-25-18)19-8-12-24(23-19)15-16-4-2-1-3-5-16/h1-9,12,18,22H,10-11,13-15,21H2/t18?,20-/m0/s1. The fourth-order valence-corrected chi connectivity index (χ4v) is 3.34. The molecular weight excluding hydrogens is 312 g/mol. The van der Waals surface area contributed by atoms with Gasteiger partial charge in [0.05, 0.1) is 30.5 Å². The molecule has 0 saturated carbocycles. The Labute approximate surface area is 148 Å². The molecule has 25 heavy (non-hydrogen) atoms. The molecule has 0 amide bonds. The monoisotopic (exact) mass is 336 g/mol. The van der Waals surface area contributed by atoms with E-state index < -0.39 is 5.54 Å². The maximum absolute atomic E-state index is 6.62. The smallest absolute Gasteiger partial charge is 0.0946 e. The van der Waals surface area contributed by atoms with Gasteiger partial charge in [0.2, 0.25) is 0 Å². The Kier molecular flexibility index (Phi) is 4.53. The topological polar surface area (TPSA) is 65.1 Å². The highest BCUT2D eigenvalue weighted by atomic mass is 16.5. The van der Waals surface area contributed by atoms with Gasteiger partial charge in [-0.1, -0.05) is 48.6 Å². The van der Waals surface area contributed by atoms with Gasteiger partial charge in [-0.3, -0.25) is 4.68 Å². The van der Waals surface area contributed by atoms with E-state index in [-0.39, 0.29) is 6.10 Å². The van der Waals surface area contributed by atoms with Crippen molar-refractivity contribution in [1.29, 1.82) is 0 Å². The van der Waals surface area contributed by atoms with Crippen molar-refractivity contribution in [3.05, 3.63) is 77.7 Å². The van der Waals surface area contributed by atoms with Gasteiger partial charge in [0.1, 0.15) is 0 Å². The van der Waals surface area contributed by atoms with Crippen LogP contribution in [0.2, 0.25) is 0 Å². The lowest BCUT2D eigenvalue weighted by Crippen LogP contribution is -2.41. The number of ether oxygens (including phenoxy) is 1. The highest BCUT2D eigenvalue weighted by molar-refractivity contribution is 5.36. The van der Waals surface area contributed by atoms with Gasteiger partial charge in [-0.05, 0) is 23.6 Å². The third kappa shape index (κ3) is 3.58. The van der Waals surface area contributed by atoms with E-state index in [1.54, 1.807) is 0 Å². The fraction of sp³-hybridized carbons (Fsp3) is 0.350. The molecule has 0 bridgehead atoms. The quantitative estimate of drug-likeness (QED) is 0.896. The highest BCUT2D eigenvalue weighted by Gasteiger charge is 2.30. The second-order valence-corrected chi connectivity index (χ2v) is 6.73. The first-order valence-corrected chi connectivity index (χ1v) is 8.81. The second kappa shape index (κ2) is 6.96. The van der Waals surface area contributed by atoms with Crippen molar-refractivity contribution < 1.29 is 4.74 Å². The molecule has 2 aromatic rings. The van der Waals surface area contributed by atoms with Crippen LogP contribution in [0.5, 0.6) is 0 Å². The van der Waals surface area contributed by atoms with Crippen molar-refractivity contribution in [2.45, 2.75) is 24.6 Å². The zero-order valence-corrected chi connectivity index (χ0v) is 14.3. The Morgan fingerprint density at radius 1 is 1.28 bits per heavy atom. The van der Waals surface area contributed by atoms with Crippen LogP contribution in [0.1, 0.15) is 17.7 Å². The Morgan fingerprint density at radius 2 is 2.16 bits per heavy atom. The van der Waals surface area contributed by atoms with Crippen molar-refractivity contribution in [2.75, 3.05) is 19.7 Å². The van der Waals surface area contributed by atoms with E-state index in [0.29, 0.717) is 0 Å². The Bertz CT molecular complexity index is 774. The van der Waals surface area contributed by atoms with Crippen LogP contribution in [0.25, 0.3) is 0 Å². The molecule has 0 radical (unpaired) electrons. The lowest BCUT2D eigenvalue weighted by atomic mass is 9.85. The van der Waals surface area contributed by atoms with Gasteiger partial charge in [-0.2, -0.15) is 5.10 Å². The fourth-order valence-electron chi connectivity index (χ4n) is 3.34. The second-order valence-electron chi connectivity index (χ2n) is 6.73. The van der Waals surface area contributed by atoms with Crippen molar-refractivity contribution in [3.63, 3.8) is 0 Å². The molecule has 5 nitrogen and oxygen atoms in total. The number of benzene rings is 1. The van der Waals surface area contributed by atoms with Crippen LogP contribution in [-0.2, 0) is 16.8 Å². The Hall–Kier alpha value is -2.21. The number of hydrogen-bond acceptors (Lipinski definition) is 4. The van der Waals surface area contributed by atoms with Gasteiger partial charge in [-0.15, -0.1) is 0 Å². The summed E-state index contributed by atoms with van der Waals surface area (Å²) < 4.78 is 7.76. The van der Waals surface area contributed by atoms with E-state index in [2.05, 4.69) is 35.7 Å². The summed E-state index contributed by atoms with van der Waals surface area (Å²) in [6.45, 7) is 3.30. The Morgan fingerprint density at radius 3 is 2.88 bits per heavy atom. The summed E-state index contributed by atoms with van der Waals surface area (Å²) in [4.78, 5) is 0. The molecule has 0 spiro atoms. The third-order valence-electron chi connectivity index (χ3n) is 4.85. The van der Waals surface area contributed by atoms with Gasteiger partial charge < -0.3 is 15.8 Å². The molecule has 1 aliphatic heterocycles. The van der Waals surface area contributed by atoms with Crippen LogP contribution < -0.4 is 11.1 Å². The van der Waals surface area contributed by atoms with E-state index in [9.17, 15) is 0 Å². The predicted molar refractivity (Wildman–Crippen MR) is 98.1 cm³/mol. The molecule has 1 aliphatic carbocycles. The molecule has 130 valence electrons. The molecule has 1 aromatic heterocycles. The van der Waals surface area contributed by atoms with Gasteiger partial charge in [-0.25, -0.2) is 0 Å². The van der Waals surface area contributed by atoms with Gasteiger partial charge >= 0.3 is 0 Å². The lowest BCUT2D eigenvalue weighted by Gasteiger charge is -2.30. The summed E-state index contributed by atoms with van der Waals surface area (Å²) in [6.07, 6.45) is 9.21. The SMILES string of the molecule is N[C@@]1(c2ccn(Cc3ccccc3)n2)C=CC(C2CNCCO2)=CC1. The van der Waals surface area contributed by atoms with Gasteiger partial charge in [0, 0.05) is 19.3 Å². The maximum Gasteiger partial charge on any atom is 0.0946 e. The molecule has 2 heterocycles. The largest absolute Gasteiger partial charge is 0.371 e. The molecule has 3 N–H and O–H groups in total. The molecule has 1 saturated heterocycles. The molecule has 4 rings (SSSR count). The van der Waals surface area contributed by atoms with E-state index in [1.807, 2.05) is 35.1 Å². The molecular formula is C20H24N4O. The van der Waals surface area contributed by atoms with E-state index in [1.165, 1.54) is 11.1 Å². The van der Waals surface area contributed by atoms with E-state index in [4.69, 9.17) is 15.6 Å². The van der Waals surface area contributed by atoms with Crippen molar-refractivity contribution in [1.82, 2.24) is 15.1 Å². The predicted octanol–water partition coefficient (Wildman–Crippen LogP) is 1.96. The van der Waals surface area contributed by atoms with Gasteiger partial charge in [0.25, 0.3) is 0 Å². The summed E-state index contributed by atoms with van der Waals surface area (Å²) in [5.41, 5.74) is 9.40. The zero-order chi connectivity index (χ0) is 17.1. The van der Waals surface area contributed by atoms with Crippen molar-refractivity contribution in [3.8, 4) is 0 Å².